The molecule has 132 valence electrons. The quantitative estimate of drug-likeness (QED) is 0.917. The maximum Gasteiger partial charge on any atom is 0.256 e. The highest BCUT2D eigenvalue weighted by atomic mass is 19.1. The van der Waals surface area contributed by atoms with Crippen LogP contribution in [0.4, 0.5) is 8.78 Å². The molecule has 2 aromatic rings. The summed E-state index contributed by atoms with van der Waals surface area (Å²) in [6.45, 7) is 2.17. The van der Waals surface area contributed by atoms with E-state index in [1.165, 1.54) is 24.3 Å². The van der Waals surface area contributed by atoms with Crippen LogP contribution >= 0.6 is 0 Å². The number of amides is 1. The van der Waals surface area contributed by atoms with Gasteiger partial charge in [0.15, 0.2) is 0 Å². The summed E-state index contributed by atoms with van der Waals surface area (Å²) in [5, 5.41) is 3.14. The van der Waals surface area contributed by atoms with Crippen LogP contribution in [0.3, 0.4) is 0 Å². The largest absolute Gasteiger partial charge is 0.338 e. The molecule has 0 spiro atoms. The van der Waals surface area contributed by atoms with Crippen molar-refractivity contribution < 1.29 is 13.6 Å². The lowest BCUT2D eigenvalue weighted by molar-refractivity contribution is 0.0669. The minimum Gasteiger partial charge on any atom is -0.338 e. The number of hydrogen-bond acceptors (Lipinski definition) is 2. The molecule has 0 bridgehead atoms. The van der Waals surface area contributed by atoms with Crippen molar-refractivity contribution in [2.75, 3.05) is 26.7 Å². The molecule has 3 nitrogen and oxygen atoms in total. The SMILES string of the molecule is CNC[C@@H]1CCCN(C(=O)c2ccc(-c3ccc(F)cc3)cc2F)C1. The van der Waals surface area contributed by atoms with Crippen molar-refractivity contribution in [1.29, 1.82) is 0 Å². The zero-order chi connectivity index (χ0) is 17.8. The van der Waals surface area contributed by atoms with E-state index in [4.69, 9.17) is 0 Å². The van der Waals surface area contributed by atoms with E-state index in [0.29, 0.717) is 30.1 Å². The predicted molar refractivity (Wildman–Crippen MR) is 94.3 cm³/mol. The van der Waals surface area contributed by atoms with E-state index in [1.807, 2.05) is 7.05 Å². The van der Waals surface area contributed by atoms with Gasteiger partial charge < -0.3 is 10.2 Å². The van der Waals surface area contributed by atoms with E-state index in [9.17, 15) is 13.6 Å². The third-order valence-corrected chi connectivity index (χ3v) is 4.68. The first kappa shape index (κ1) is 17.5. The normalized spacial score (nSPS) is 17.6. The molecular weight excluding hydrogens is 322 g/mol. The second kappa shape index (κ2) is 7.74. The average molecular weight is 344 g/mol. The van der Waals surface area contributed by atoms with Gasteiger partial charge in [0.25, 0.3) is 5.91 Å². The molecule has 0 saturated carbocycles. The molecular formula is C20H22F2N2O. The van der Waals surface area contributed by atoms with Gasteiger partial charge in [-0.1, -0.05) is 18.2 Å². The predicted octanol–water partition coefficient (Wildman–Crippen LogP) is 3.70. The third kappa shape index (κ3) is 4.04. The minimum atomic E-state index is -0.539. The molecule has 25 heavy (non-hydrogen) atoms. The van der Waals surface area contributed by atoms with Crippen LogP contribution in [-0.4, -0.2) is 37.5 Å². The first-order valence-corrected chi connectivity index (χ1v) is 8.58. The summed E-state index contributed by atoms with van der Waals surface area (Å²) < 4.78 is 27.5. The number of rotatable bonds is 4. The van der Waals surface area contributed by atoms with Gasteiger partial charge in [0.05, 0.1) is 5.56 Å². The van der Waals surface area contributed by atoms with Gasteiger partial charge in [0, 0.05) is 13.1 Å². The zero-order valence-corrected chi connectivity index (χ0v) is 14.3. The molecule has 1 aliphatic heterocycles. The van der Waals surface area contributed by atoms with E-state index in [2.05, 4.69) is 5.32 Å². The molecule has 1 N–H and O–H groups in total. The van der Waals surface area contributed by atoms with Crippen molar-refractivity contribution in [3.63, 3.8) is 0 Å². The van der Waals surface area contributed by atoms with E-state index >= 15 is 0 Å². The second-order valence-corrected chi connectivity index (χ2v) is 6.52. The Kier molecular flexibility index (Phi) is 5.43. The van der Waals surface area contributed by atoms with Crippen LogP contribution in [0, 0.1) is 17.6 Å². The van der Waals surface area contributed by atoms with Gasteiger partial charge >= 0.3 is 0 Å². The van der Waals surface area contributed by atoms with Crippen LogP contribution in [-0.2, 0) is 0 Å². The lowest BCUT2D eigenvalue weighted by atomic mass is 9.97. The highest BCUT2D eigenvalue weighted by molar-refractivity contribution is 5.95. The van der Waals surface area contributed by atoms with Crippen molar-refractivity contribution in [2.45, 2.75) is 12.8 Å². The molecule has 2 aromatic carbocycles. The number of carbonyl (C=O) groups excluding carboxylic acids is 1. The number of nitrogens with one attached hydrogen (secondary N) is 1. The summed E-state index contributed by atoms with van der Waals surface area (Å²) >= 11 is 0. The van der Waals surface area contributed by atoms with Crippen LogP contribution in [0.1, 0.15) is 23.2 Å². The fourth-order valence-corrected chi connectivity index (χ4v) is 3.39. The van der Waals surface area contributed by atoms with Crippen LogP contribution in [0.5, 0.6) is 0 Å². The van der Waals surface area contributed by atoms with Gasteiger partial charge in [-0.2, -0.15) is 0 Å². The Hall–Kier alpha value is -2.27. The van der Waals surface area contributed by atoms with Gasteiger partial charge in [-0.3, -0.25) is 4.79 Å². The lowest BCUT2D eigenvalue weighted by Gasteiger charge is -2.32. The number of carbonyl (C=O) groups is 1. The van der Waals surface area contributed by atoms with Gasteiger partial charge in [-0.25, -0.2) is 8.78 Å². The lowest BCUT2D eigenvalue weighted by Crippen LogP contribution is -2.42. The van der Waals surface area contributed by atoms with Gasteiger partial charge in [-0.15, -0.1) is 0 Å². The van der Waals surface area contributed by atoms with Crippen molar-refractivity contribution >= 4 is 5.91 Å². The molecule has 1 heterocycles. The summed E-state index contributed by atoms with van der Waals surface area (Å²) in [4.78, 5) is 14.4. The molecule has 1 atom stereocenters. The summed E-state index contributed by atoms with van der Waals surface area (Å²) in [7, 11) is 1.90. The fraction of sp³-hybridized carbons (Fsp3) is 0.350. The van der Waals surface area contributed by atoms with Crippen molar-refractivity contribution in [2.24, 2.45) is 5.92 Å². The van der Waals surface area contributed by atoms with Crippen LogP contribution < -0.4 is 5.32 Å². The van der Waals surface area contributed by atoms with Crippen LogP contribution in [0.15, 0.2) is 42.5 Å². The zero-order valence-electron chi connectivity index (χ0n) is 14.3. The Morgan fingerprint density at radius 3 is 2.56 bits per heavy atom. The van der Waals surface area contributed by atoms with Crippen molar-refractivity contribution in [3.05, 3.63) is 59.7 Å². The molecule has 3 rings (SSSR count). The summed E-state index contributed by atoms with van der Waals surface area (Å²) in [5.74, 6) is -0.729. The number of nitrogens with zero attached hydrogens (tertiary/aromatic N) is 1. The molecule has 1 aliphatic rings. The van der Waals surface area contributed by atoms with E-state index < -0.39 is 5.82 Å². The maximum atomic E-state index is 14.5. The molecule has 0 unspecified atom stereocenters. The van der Waals surface area contributed by atoms with Gasteiger partial charge in [-0.05, 0) is 67.7 Å². The highest BCUT2D eigenvalue weighted by Crippen LogP contribution is 2.24. The number of benzene rings is 2. The Balaban J connectivity index is 1.78. The molecule has 5 heteroatoms. The minimum absolute atomic E-state index is 0.0935. The van der Waals surface area contributed by atoms with Crippen LogP contribution in [0.25, 0.3) is 11.1 Å². The van der Waals surface area contributed by atoms with Gasteiger partial charge in [0.1, 0.15) is 11.6 Å². The first-order chi connectivity index (χ1) is 12.1. The monoisotopic (exact) mass is 344 g/mol. The smallest absolute Gasteiger partial charge is 0.256 e. The fourth-order valence-electron chi connectivity index (χ4n) is 3.39. The molecule has 0 aliphatic carbocycles. The first-order valence-electron chi connectivity index (χ1n) is 8.58. The molecule has 1 fully saturated rings. The topological polar surface area (TPSA) is 32.3 Å². The van der Waals surface area contributed by atoms with Crippen LogP contribution in [0.2, 0.25) is 0 Å². The summed E-state index contributed by atoms with van der Waals surface area (Å²) in [5.41, 5.74) is 1.43. The van der Waals surface area contributed by atoms with Crippen molar-refractivity contribution in [3.8, 4) is 11.1 Å². The standard InChI is InChI=1S/C20H22F2N2O/c1-23-12-14-3-2-10-24(13-14)20(25)18-9-6-16(11-19(18)22)15-4-7-17(21)8-5-15/h4-9,11,14,23H,2-3,10,12-13H2,1H3/t14-/m0/s1. The van der Waals surface area contributed by atoms with E-state index in [-0.39, 0.29) is 17.3 Å². The molecule has 0 aromatic heterocycles. The number of hydrogen-bond donors (Lipinski definition) is 1. The Labute approximate surface area is 146 Å². The Bertz CT molecular complexity index is 744. The molecule has 0 radical (unpaired) electrons. The average Bonchev–Trinajstić information content (AvgIpc) is 2.62. The maximum absolute atomic E-state index is 14.5. The Morgan fingerprint density at radius 2 is 1.88 bits per heavy atom. The summed E-state index contributed by atoms with van der Waals surface area (Å²) in [6.07, 6.45) is 2.02. The second-order valence-electron chi connectivity index (χ2n) is 6.52. The summed E-state index contributed by atoms with van der Waals surface area (Å²) in [6, 6.07) is 10.4. The third-order valence-electron chi connectivity index (χ3n) is 4.68. The molecule has 1 saturated heterocycles. The van der Waals surface area contributed by atoms with E-state index in [0.717, 1.165) is 19.4 Å². The highest BCUT2D eigenvalue weighted by Gasteiger charge is 2.25. The van der Waals surface area contributed by atoms with E-state index in [1.54, 1.807) is 23.1 Å². The molecule has 1 amide bonds. The van der Waals surface area contributed by atoms with Gasteiger partial charge in [0.2, 0.25) is 0 Å². The van der Waals surface area contributed by atoms with Crippen molar-refractivity contribution in [1.82, 2.24) is 10.2 Å². The number of piperidine rings is 1. The number of halogens is 2. The Morgan fingerprint density at radius 1 is 1.16 bits per heavy atom. The number of likely N-dealkylation sites (tertiary alicyclic amines) is 1.